The quantitative estimate of drug-likeness (QED) is 0.551. The molecular weight excluding hydrogens is 212 g/mol. The van der Waals surface area contributed by atoms with Gasteiger partial charge < -0.3 is 5.73 Å². The Morgan fingerprint density at radius 2 is 2.24 bits per heavy atom. The van der Waals surface area contributed by atoms with Crippen LogP contribution in [-0.2, 0) is 0 Å². The van der Waals surface area contributed by atoms with E-state index in [1.165, 1.54) is 24.8 Å². The summed E-state index contributed by atoms with van der Waals surface area (Å²) in [5.41, 5.74) is 11.2. The second-order valence-corrected chi connectivity index (χ2v) is 5.25. The van der Waals surface area contributed by atoms with Gasteiger partial charge in [-0.15, -0.1) is 0 Å². The smallest absolute Gasteiger partial charge is 0.128 e. The minimum absolute atomic E-state index is 0.133. The molecule has 1 fully saturated rings. The summed E-state index contributed by atoms with van der Waals surface area (Å²) < 4.78 is 0. The average molecular weight is 234 g/mol. The summed E-state index contributed by atoms with van der Waals surface area (Å²) in [5, 5.41) is 0. The molecule has 2 rings (SSSR count). The van der Waals surface area contributed by atoms with Crippen molar-refractivity contribution in [3.63, 3.8) is 0 Å². The third kappa shape index (κ3) is 2.42. The molecule has 0 amide bonds. The lowest BCUT2D eigenvalue weighted by atomic mass is 9.89. The zero-order valence-electron chi connectivity index (χ0n) is 10.6. The molecule has 0 radical (unpaired) electrons. The zero-order chi connectivity index (χ0) is 12.4. The van der Waals surface area contributed by atoms with E-state index < -0.39 is 0 Å². The molecule has 5 N–H and O–H groups in total. The highest BCUT2D eigenvalue weighted by Gasteiger charge is 2.31. The van der Waals surface area contributed by atoms with Gasteiger partial charge in [-0.3, -0.25) is 11.3 Å². The molecule has 1 aromatic rings. The molecule has 3 atom stereocenters. The normalized spacial score (nSPS) is 26.1. The van der Waals surface area contributed by atoms with Crippen LogP contribution in [-0.4, -0.2) is 4.98 Å². The number of nitrogens with two attached hydrogens (primary N) is 2. The number of hydrogen-bond acceptors (Lipinski definition) is 4. The van der Waals surface area contributed by atoms with E-state index in [-0.39, 0.29) is 6.04 Å². The van der Waals surface area contributed by atoms with Crippen LogP contribution in [0.25, 0.3) is 0 Å². The molecule has 3 unspecified atom stereocenters. The van der Waals surface area contributed by atoms with E-state index in [9.17, 15) is 0 Å². The molecule has 0 saturated heterocycles. The highest BCUT2D eigenvalue weighted by atomic mass is 15.2. The van der Waals surface area contributed by atoms with Gasteiger partial charge in [-0.2, -0.15) is 0 Å². The van der Waals surface area contributed by atoms with E-state index in [2.05, 4.69) is 24.3 Å². The van der Waals surface area contributed by atoms with Gasteiger partial charge in [0.05, 0.1) is 6.04 Å². The molecule has 0 aliphatic heterocycles. The minimum atomic E-state index is 0.133. The average Bonchev–Trinajstić information content (AvgIpc) is 2.70. The molecule has 1 aromatic heterocycles. The van der Waals surface area contributed by atoms with E-state index in [0.29, 0.717) is 11.7 Å². The number of nitrogens with one attached hydrogen (secondary N) is 1. The molecular formula is C13H22N4. The fourth-order valence-electron chi connectivity index (χ4n) is 3.00. The van der Waals surface area contributed by atoms with Crippen molar-refractivity contribution in [2.24, 2.45) is 17.7 Å². The number of nitrogen functional groups attached to an aromatic ring is 1. The molecule has 0 spiro atoms. The number of aromatic nitrogens is 1. The summed E-state index contributed by atoms with van der Waals surface area (Å²) in [7, 11) is 0. The molecule has 0 bridgehead atoms. The highest BCUT2D eigenvalue weighted by Crippen LogP contribution is 2.40. The summed E-state index contributed by atoms with van der Waals surface area (Å²) >= 11 is 0. The lowest BCUT2D eigenvalue weighted by molar-refractivity contribution is 0.363. The lowest BCUT2D eigenvalue weighted by Crippen LogP contribution is -2.34. The monoisotopic (exact) mass is 234 g/mol. The molecule has 17 heavy (non-hydrogen) atoms. The van der Waals surface area contributed by atoms with Gasteiger partial charge in [-0.1, -0.05) is 13.3 Å². The predicted molar refractivity (Wildman–Crippen MR) is 70.0 cm³/mol. The molecule has 1 saturated carbocycles. The number of hydrogen-bond donors (Lipinski definition) is 3. The third-order valence-corrected chi connectivity index (χ3v) is 3.94. The summed E-state index contributed by atoms with van der Waals surface area (Å²) in [5.74, 6) is 7.69. The van der Waals surface area contributed by atoms with Crippen LogP contribution >= 0.6 is 0 Å². The Bertz CT molecular complexity index is 371. The molecule has 0 aromatic carbocycles. The van der Waals surface area contributed by atoms with Crippen LogP contribution < -0.4 is 17.0 Å². The number of aryl methyl sites for hydroxylation is 1. The molecule has 94 valence electrons. The van der Waals surface area contributed by atoms with Gasteiger partial charge >= 0.3 is 0 Å². The van der Waals surface area contributed by atoms with Gasteiger partial charge in [0, 0.05) is 11.8 Å². The number of pyridine rings is 1. The first-order valence-electron chi connectivity index (χ1n) is 6.30. The maximum absolute atomic E-state index is 5.99. The van der Waals surface area contributed by atoms with Crippen molar-refractivity contribution in [3.8, 4) is 0 Å². The Morgan fingerprint density at radius 3 is 2.76 bits per heavy atom. The predicted octanol–water partition coefficient (Wildman–Crippen LogP) is 1.91. The van der Waals surface area contributed by atoms with Crippen LogP contribution in [0.1, 0.15) is 43.4 Å². The van der Waals surface area contributed by atoms with Gasteiger partial charge in [0.1, 0.15) is 5.82 Å². The summed E-state index contributed by atoms with van der Waals surface area (Å²) in [6.45, 7) is 4.36. The van der Waals surface area contributed by atoms with Gasteiger partial charge in [0.25, 0.3) is 0 Å². The number of hydrazine groups is 1. The van der Waals surface area contributed by atoms with Crippen molar-refractivity contribution in [3.05, 3.63) is 23.4 Å². The standard InChI is InChI=1S/C13H22N4/c1-8-3-4-10(7-8)12(17-15)11-9(2)5-6-16-13(11)14/h5-6,8,10,12,17H,3-4,7,15H2,1-2H3,(H2,14,16). The Balaban J connectivity index is 2.29. The number of nitrogens with zero attached hydrogens (tertiary/aromatic N) is 1. The second-order valence-electron chi connectivity index (χ2n) is 5.25. The largest absolute Gasteiger partial charge is 0.383 e. The van der Waals surface area contributed by atoms with Gasteiger partial charge in [0.15, 0.2) is 0 Å². The summed E-state index contributed by atoms with van der Waals surface area (Å²) in [6.07, 6.45) is 5.45. The Labute approximate surface area is 103 Å². The van der Waals surface area contributed by atoms with E-state index in [4.69, 9.17) is 11.6 Å². The van der Waals surface area contributed by atoms with Crippen LogP contribution in [0.5, 0.6) is 0 Å². The molecule has 4 heteroatoms. The second kappa shape index (κ2) is 5.02. The first-order valence-corrected chi connectivity index (χ1v) is 6.30. The van der Waals surface area contributed by atoms with Crippen molar-refractivity contribution in [2.75, 3.05) is 5.73 Å². The summed E-state index contributed by atoms with van der Waals surface area (Å²) in [4.78, 5) is 4.18. The summed E-state index contributed by atoms with van der Waals surface area (Å²) in [6, 6.07) is 2.13. The van der Waals surface area contributed by atoms with E-state index in [1.807, 2.05) is 6.07 Å². The van der Waals surface area contributed by atoms with Crippen molar-refractivity contribution in [2.45, 2.75) is 39.2 Å². The van der Waals surface area contributed by atoms with Crippen molar-refractivity contribution >= 4 is 5.82 Å². The molecule has 1 aliphatic rings. The number of anilines is 1. The van der Waals surface area contributed by atoms with E-state index in [0.717, 1.165) is 11.5 Å². The van der Waals surface area contributed by atoms with Crippen LogP contribution in [0.3, 0.4) is 0 Å². The van der Waals surface area contributed by atoms with Gasteiger partial charge in [-0.25, -0.2) is 4.98 Å². The Morgan fingerprint density at radius 1 is 1.47 bits per heavy atom. The molecule has 1 heterocycles. The van der Waals surface area contributed by atoms with Crippen molar-refractivity contribution < 1.29 is 0 Å². The van der Waals surface area contributed by atoms with Crippen LogP contribution in [0.15, 0.2) is 12.3 Å². The zero-order valence-corrected chi connectivity index (χ0v) is 10.6. The fraction of sp³-hybridized carbons (Fsp3) is 0.615. The maximum Gasteiger partial charge on any atom is 0.128 e. The topological polar surface area (TPSA) is 77.0 Å². The first-order chi connectivity index (χ1) is 8.13. The highest BCUT2D eigenvalue weighted by molar-refractivity contribution is 5.46. The molecule has 1 aliphatic carbocycles. The SMILES string of the molecule is Cc1ccnc(N)c1C(NN)C1CCC(C)C1. The lowest BCUT2D eigenvalue weighted by Gasteiger charge is -2.25. The molecule has 4 nitrogen and oxygen atoms in total. The van der Waals surface area contributed by atoms with Crippen LogP contribution in [0, 0.1) is 18.8 Å². The van der Waals surface area contributed by atoms with Gasteiger partial charge in [-0.05, 0) is 43.2 Å². The van der Waals surface area contributed by atoms with Crippen LogP contribution in [0.2, 0.25) is 0 Å². The maximum atomic E-state index is 5.99. The van der Waals surface area contributed by atoms with Crippen molar-refractivity contribution in [1.29, 1.82) is 0 Å². The first kappa shape index (κ1) is 12.3. The Hall–Kier alpha value is -1.13. The van der Waals surface area contributed by atoms with Crippen LogP contribution in [0.4, 0.5) is 5.82 Å². The Kier molecular flexibility index (Phi) is 3.64. The third-order valence-electron chi connectivity index (χ3n) is 3.94. The minimum Gasteiger partial charge on any atom is -0.383 e. The van der Waals surface area contributed by atoms with E-state index in [1.54, 1.807) is 6.20 Å². The van der Waals surface area contributed by atoms with E-state index >= 15 is 0 Å². The van der Waals surface area contributed by atoms with Crippen molar-refractivity contribution in [1.82, 2.24) is 10.4 Å². The number of rotatable bonds is 3. The van der Waals surface area contributed by atoms with Gasteiger partial charge in [0.2, 0.25) is 0 Å². The fourth-order valence-corrected chi connectivity index (χ4v) is 3.00.